The van der Waals surface area contributed by atoms with Crippen LogP contribution < -0.4 is 20.9 Å². The Balaban J connectivity index is 2.44. The van der Waals surface area contributed by atoms with Gasteiger partial charge in [-0.2, -0.15) is 0 Å². The summed E-state index contributed by atoms with van der Waals surface area (Å²) in [5, 5.41) is 3.19. The number of benzene rings is 1. The Bertz CT molecular complexity index is 581. The summed E-state index contributed by atoms with van der Waals surface area (Å²) < 4.78 is 23.3. The van der Waals surface area contributed by atoms with Crippen LogP contribution in [0.2, 0.25) is 0 Å². The fourth-order valence-electron chi connectivity index (χ4n) is 1.67. The highest BCUT2D eigenvalue weighted by molar-refractivity contribution is 7.80. The predicted octanol–water partition coefficient (Wildman–Crippen LogP) is 1.38. The van der Waals surface area contributed by atoms with Crippen LogP contribution in [0.25, 0.3) is 6.08 Å². The molecule has 0 fully saturated rings. The molecule has 1 atom stereocenters. The lowest BCUT2D eigenvalue weighted by atomic mass is 10.2. The molecule has 0 radical (unpaired) electrons. The van der Waals surface area contributed by atoms with Gasteiger partial charge in [-0.15, -0.1) is 0 Å². The molecule has 1 amide bonds. The molecule has 23 heavy (non-hydrogen) atoms. The SMILES string of the molecule is COC[C@@H](C)NC(=S)NNC(=O)/C=C/c1ccc(OC)c(F)c1. The van der Waals surface area contributed by atoms with Gasteiger partial charge in [-0.3, -0.25) is 15.6 Å². The van der Waals surface area contributed by atoms with Gasteiger partial charge in [0.05, 0.1) is 13.7 Å². The molecule has 0 saturated carbocycles. The third-order valence-electron chi connectivity index (χ3n) is 2.70. The van der Waals surface area contributed by atoms with E-state index >= 15 is 0 Å². The van der Waals surface area contributed by atoms with Crippen LogP contribution in [0.15, 0.2) is 24.3 Å². The van der Waals surface area contributed by atoms with E-state index in [1.165, 1.54) is 31.4 Å². The Hall–Kier alpha value is -2.19. The van der Waals surface area contributed by atoms with E-state index in [-0.39, 0.29) is 16.9 Å². The average molecular weight is 341 g/mol. The minimum atomic E-state index is -0.495. The highest BCUT2D eigenvalue weighted by atomic mass is 32.1. The second-order valence-electron chi connectivity index (χ2n) is 4.67. The van der Waals surface area contributed by atoms with Crippen LogP contribution in [0.5, 0.6) is 5.75 Å². The molecular weight excluding hydrogens is 321 g/mol. The third kappa shape index (κ3) is 7.07. The number of carbonyl (C=O) groups is 1. The molecule has 0 heterocycles. The molecule has 0 aromatic heterocycles. The Labute approximate surface area is 140 Å². The van der Waals surface area contributed by atoms with Crippen LogP contribution in [0.3, 0.4) is 0 Å². The van der Waals surface area contributed by atoms with E-state index in [2.05, 4.69) is 16.2 Å². The summed E-state index contributed by atoms with van der Waals surface area (Å²) >= 11 is 5.01. The van der Waals surface area contributed by atoms with Crippen LogP contribution in [-0.2, 0) is 9.53 Å². The van der Waals surface area contributed by atoms with Crippen LogP contribution in [0.1, 0.15) is 12.5 Å². The van der Waals surface area contributed by atoms with E-state index in [1.807, 2.05) is 6.92 Å². The summed E-state index contributed by atoms with van der Waals surface area (Å²) in [6.07, 6.45) is 2.74. The number of carbonyl (C=O) groups excluding carboxylic acids is 1. The standard InChI is InChI=1S/C15H20FN3O3S/c1-10(9-21-2)17-15(23)19-18-14(20)7-5-11-4-6-13(22-3)12(16)8-11/h4-8,10H,9H2,1-3H3,(H,18,20)(H2,17,19,23)/b7-5+/t10-/m1/s1. The lowest BCUT2D eigenvalue weighted by Gasteiger charge is -2.15. The van der Waals surface area contributed by atoms with Crippen molar-refractivity contribution in [1.82, 2.24) is 16.2 Å². The van der Waals surface area contributed by atoms with Gasteiger partial charge in [-0.1, -0.05) is 6.07 Å². The summed E-state index contributed by atoms with van der Waals surface area (Å²) in [7, 11) is 2.97. The lowest BCUT2D eigenvalue weighted by Crippen LogP contribution is -2.49. The number of methoxy groups -OCH3 is 2. The van der Waals surface area contributed by atoms with Crippen molar-refractivity contribution < 1.29 is 18.7 Å². The molecule has 1 aromatic carbocycles. The number of nitrogens with one attached hydrogen (secondary N) is 3. The minimum Gasteiger partial charge on any atom is -0.494 e. The van der Waals surface area contributed by atoms with Crippen molar-refractivity contribution >= 4 is 29.3 Å². The summed E-state index contributed by atoms with van der Waals surface area (Å²) in [5.74, 6) is -0.773. The van der Waals surface area contributed by atoms with Gasteiger partial charge in [0, 0.05) is 19.2 Å². The first-order chi connectivity index (χ1) is 11.0. The van der Waals surface area contributed by atoms with Crippen LogP contribution in [-0.4, -0.2) is 37.9 Å². The van der Waals surface area contributed by atoms with Gasteiger partial charge in [-0.05, 0) is 42.9 Å². The highest BCUT2D eigenvalue weighted by Crippen LogP contribution is 2.18. The number of amides is 1. The van der Waals surface area contributed by atoms with Crippen molar-refractivity contribution in [3.05, 3.63) is 35.7 Å². The number of ether oxygens (including phenoxy) is 2. The van der Waals surface area contributed by atoms with Gasteiger partial charge >= 0.3 is 0 Å². The monoisotopic (exact) mass is 341 g/mol. The highest BCUT2D eigenvalue weighted by Gasteiger charge is 2.04. The maximum absolute atomic E-state index is 13.5. The number of halogens is 1. The molecule has 3 N–H and O–H groups in total. The van der Waals surface area contributed by atoms with Crippen molar-refractivity contribution in [3.63, 3.8) is 0 Å². The van der Waals surface area contributed by atoms with E-state index < -0.39 is 11.7 Å². The number of thiocarbonyl (C=S) groups is 1. The molecule has 1 rings (SSSR count). The fraction of sp³-hybridized carbons (Fsp3) is 0.333. The van der Waals surface area contributed by atoms with E-state index in [0.717, 1.165) is 0 Å². The Morgan fingerprint density at radius 2 is 2.13 bits per heavy atom. The van der Waals surface area contributed by atoms with Crippen molar-refractivity contribution in [2.75, 3.05) is 20.8 Å². The van der Waals surface area contributed by atoms with Gasteiger partial charge in [0.1, 0.15) is 0 Å². The predicted molar refractivity (Wildman–Crippen MR) is 90.3 cm³/mol. The minimum absolute atomic E-state index is 0.00900. The molecule has 0 unspecified atom stereocenters. The molecule has 0 saturated heterocycles. The van der Waals surface area contributed by atoms with Gasteiger partial charge in [0.15, 0.2) is 16.7 Å². The van der Waals surface area contributed by atoms with Crippen LogP contribution in [0, 0.1) is 5.82 Å². The third-order valence-corrected chi connectivity index (χ3v) is 2.92. The quantitative estimate of drug-likeness (QED) is 0.412. The second-order valence-corrected chi connectivity index (χ2v) is 5.08. The lowest BCUT2D eigenvalue weighted by molar-refractivity contribution is -0.116. The zero-order chi connectivity index (χ0) is 17.2. The van der Waals surface area contributed by atoms with E-state index in [4.69, 9.17) is 21.7 Å². The van der Waals surface area contributed by atoms with Gasteiger partial charge in [0.25, 0.3) is 5.91 Å². The molecule has 0 aliphatic rings. The van der Waals surface area contributed by atoms with E-state index in [9.17, 15) is 9.18 Å². The van der Waals surface area contributed by atoms with Gasteiger partial charge < -0.3 is 14.8 Å². The summed E-state index contributed by atoms with van der Waals surface area (Å²) in [4.78, 5) is 11.6. The molecule has 0 aliphatic heterocycles. The maximum Gasteiger partial charge on any atom is 0.262 e. The molecule has 0 spiro atoms. The van der Waals surface area contributed by atoms with E-state index in [0.29, 0.717) is 12.2 Å². The summed E-state index contributed by atoms with van der Waals surface area (Å²) in [6.45, 7) is 2.37. The molecule has 0 bridgehead atoms. The fourth-order valence-corrected chi connectivity index (χ4v) is 1.92. The Kier molecular flexibility index (Phi) is 8.00. The van der Waals surface area contributed by atoms with Crippen LogP contribution >= 0.6 is 12.2 Å². The molecule has 8 heteroatoms. The first kappa shape index (κ1) is 18.9. The molecule has 0 aliphatic carbocycles. The normalized spacial score (nSPS) is 11.8. The van der Waals surface area contributed by atoms with Crippen molar-refractivity contribution in [3.8, 4) is 5.75 Å². The second kappa shape index (κ2) is 9.75. The van der Waals surface area contributed by atoms with Gasteiger partial charge in [-0.25, -0.2) is 4.39 Å². The molecule has 126 valence electrons. The van der Waals surface area contributed by atoms with Gasteiger partial charge in [0.2, 0.25) is 0 Å². The Morgan fingerprint density at radius 3 is 2.74 bits per heavy atom. The van der Waals surface area contributed by atoms with Crippen molar-refractivity contribution in [1.29, 1.82) is 0 Å². The maximum atomic E-state index is 13.5. The first-order valence-electron chi connectivity index (χ1n) is 6.83. The average Bonchev–Trinajstić information content (AvgIpc) is 2.51. The first-order valence-corrected chi connectivity index (χ1v) is 7.24. The zero-order valence-electron chi connectivity index (χ0n) is 13.2. The summed E-state index contributed by atoms with van der Waals surface area (Å²) in [6, 6.07) is 4.41. The smallest absolute Gasteiger partial charge is 0.262 e. The molecular formula is C15H20FN3O3S. The molecule has 6 nitrogen and oxygen atoms in total. The Morgan fingerprint density at radius 1 is 1.39 bits per heavy atom. The number of hydrogen-bond donors (Lipinski definition) is 3. The van der Waals surface area contributed by atoms with Crippen LogP contribution in [0.4, 0.5) is 4.39 Å². The van der Waals surface area contributed by atoms with Crippen molar-refractivity contribution in [2.45, 2.75) is 13.0 Å². The number of hydrazine groups is 1. The largest absolute Gasteiger partial charge is 0.494 e. The summed E-state index contributed by atoms with van der Waals surface area (Å²) in [5.41, 5.74) is 5.49. The van der Waals surface area contributed by atoms with E-state index in [1.54, 1.807) is 13.2 Å². The number of rotatable bonds is 6. The van der Waals surface area contributed by atoms with Crippen molar-refractivity contribution in [2.24, 2.45) is 0 Å². The molecule has 1 aromatic rings. The number of hydrogen-bond acceptors (Lipinski definition) is 4. The zero-order valence-corrected chi connectivity index (χ0v) is 14.0. The topological polar surface area (TPSA) is 71.6 Å².